The Morgan fingerprint density at radius 3 is 2.38 bits per heavy atom. The normalized spacial score (nSPS) is 46.1. The SMILES string of the molecule is CCC1C[C@H](C)C1N. The van der Waals surface area contributed by atoms with Gasteiger partial charge in [-0.05, 0) is 18.3 Å². The van der Waals surface area contributed by atoms with Crippen LogP contribution in [0.4, 0.5) is 0 Å². The summed E-state index contributed by atoms with van der Waals surface area (Å²) < 4.78 is 0. The Bertz CT molecular complexity index is 80.5. The van der Waals surface area contributed by atoms with Crippen LogP contribution in [0.3, 0.4) is 0 Å². The molecular formula is C7H15N. The van der Waals surface area contributed by atoms with Gasteiger partial charge in [0, 0.05) is 6.04 Å². The van der Waals surface area contributed by atoms with Crippen molar-refractivity contribution in [2.24, 2.45) is 17.6 Å². The molecule has 1 saturated carbocycles. The van der Waals surface area contributed by atoms with Crippen LogP contribution in [0.15, 0.2) is 0 Å². The fourth-order valence-electron chi connectivity index (χ4n) is 1.50. The lowest BCUT2D eigenvalue weighted by molar-refractivity contribution is 0.156. The molecule has 2 unspecified atom stereocenters. The van der Waals surface area contributed by atoms with Gasteiger partial charge in [-0.15, -0.1) is 0 Å². The summed E-state index contributed by atoms with van der Waals surface area (Å²) in [4.78, 5) is 0. The molecule has 1 fully saturated rings. The molecule has 2 N–H and O–H groups in total. The Hall–Kier alpha value is -0.0400. The second kappa shape index (κ2) is 2.06. The van der Waals surface area contributed by atoms with Crippen molar-refractivity contribution < 1.29 is 0 Å². The minimum absolute atomic E-state index is 0.514. The average molecular weight is 113 g/mol. The molecule has 1 heteroatoms. The molecule has 0 heterocycles. The van der Waals surface area contributed by atoms with Gasteiger partial charge in [-0.2, -0.15) is 0 Å². The van der Waals surface area contributed by atoms with E-state index in [9.17, 15) is 0 Å². The summed E-state index contributed by atoms with van der Waals surface area (Å²) in [6, 6.07) is 0.514. The van der Waals surface area contributed by atoms with Crippen LogP contribution >= 0.6 is 0 Å². The summed E-state index contributed by atoms with van der Waals surface area (Å²) in [6.07, 6.45) is 2.63. The van der Waals surface area contributed by atoms with E-state index in [-0.39, 0.29) is 0 Å². The number of hydrogen-bond acceptors (Lipinski definition) is 1. The van der Waals surface area contributed by atoms with Crippen LogP contribution in [0.5, 0.6) is 0 Å². The Balaban J connectivity index is 2.25. The van der Waals surface area contributed by atoms with Crippen molar-refractivity contribution in [2.45, 2.75) is 32.7 Å². The first-order chi connectivity index (χ1) is 3.75. The maximum atomic E-state index is 5.78. The topological polar surface area (TPSA) is 26.0 Å². The van der Waals surface area contributed by atoms with Crippen LogP contribution in [-0.4, -0.2) is 6.04 Å². The third kappa shape index (κ3) is 0.752. The molecule has 0 amide bonds. The molecule has 0 radical (unpaired) electrons. The van der Waals surface area contributed by atoms with Crippen LogP contribution in [-0.2, 0) is 0 Å². The summed E-state index contributed by atoms with van der Waals surface area (Å²) in [5.74, 6) is 1.63. The molecule has 48 valence electrons. The Labute approximate surface area is 51.3 Å². The third-order valence-corrected chi connectivity index (χ3v) is 2.40. The smallest absolute Gasteiger partial charge is 0.00931 e. The zero-order valence-corrected chi connectivity index (χ0v) is 5.72. The average Bonchev–Trinajstić information content (AvgIpc) is 1.81. The molecule has 1 rings (SSSR count). The van der Waals surface area contributed by atoms with Crippen LogP contribution in [0, 0.1) is 11.8 Å². The molecule has 1 aliphatic carbocycles. The van der Waals surface area contributed by atoms with Crippen LogP contribution < -0.4 is 5.73 Å². The van der Waals surface area contributed by atoms with Crippen molar-refractivity contribution in [3.63, 3.8) is 0 Å². The van der Waals surface area contributed by atoms with E-state index in [1.807, 2.05) is 0 Å². The molecule has 0 spiro atoms. The van der Waals surface area contributed by atoms with E-state index in [0.717, 1.165) is 11.8 Å². The van der Waals surface area contributed by atoms with Crippen molar-refractivity contribution in [3.8, 4) is 0 Å². The molecule has 1 aliphatic rings. The maximum Gasteiger partial charge on any atom is 0.00931 e. The largest absolute Gasteiger partial charge is 0.327 e. The van der Waals surface area contributed by atoms with Crippen LogP contribution in [0.25, 0.3) is 0 Å². The standard InChI is InChI=1S/C7H15N/c1-3-6-4-5(2)7(6)8/h5-7H,3-4,8H2,1-2H3/t5-,6?,7?/m0/s1. The second-order valence-corrected chi connectivity index (χ2v) is 2.96. The van der Waals surface area contributed by atoms with Gasteiger partial charge in [-0.25, -0.2) is 0 Å². The first-order valence-corrected chi connectivity index (χ1v) is 3.51. The van der Waals surface area contributed by atoms with Gasteiger partial charge >= 0.3 is 0 Å². The summed E-state index contributed by atoms with van der Waals surface area (Å²) in [5.41, 5.74) is 5.78. The predicted molar refractivity (Wildman–Crippen MR) is 35.5 cm³/mol. The van der Waals surface area contributed by atoms with Crippen molar-refractivity contribution in [3.05, 3.63) is 0 Å². The van der Waals surface area contributed by atoms with Crippen molar-refractivity contribution in [2.75, 3.05) is 0 Å². The van der Waals surface area contributed by atoms with Crippen LogP contribution in [0.2, 0.25) is 0 Å². The fraction of sp³-hybridized carbons (Fsp3) is 1.00. The highest BCUT2D eigenvalue weighted by atomic mass is 14.7. The molecule has 1 nitrogen and oxygen atoms in total. The van der Waals surface area contributed by atoms with Gasteiger partial charge in [0.25, 0.3) is 0 Å². The predicted octanol–water partition coefficient (Wildman–Crippen LogP) is 1.38. The van der Waals surface area contributed by atoms with Gasteiger partial charge in [0.05, 0.1) is 0 Å². The van der Waals surface area contributed by atoms with E-state index in [2.05, 4.69) is 13.8 Å². The highest BCUT2D eigenvalue weighted by Gasteiger charge is 2.32. The van der Waals surface area contributed by atoms with E-state index in [1.165, 1.54) is 12.8 Å². The molecule has 0 bridgehead atoms. The van der Waals surface area contributed by atoms with Gasteiger partial charge < -0.3 is 5.73 Å². The van der Waals surface area contributed by atoms with E-state index < -0.39 is 0 Å². The lowest BCUT2D eigenvalue weighted by atomic mass is 9.70. The van der Waals surface area contributed by atoms with Crippen molar-refractivity contribution >= 4 is 0 Å². The first kappa shape index (κ1) is 6.09. The summed E-state index contributed by atoms with van der Waals surface area (Å²) in [6.45, 7) is 4.45. The monoisotopic (exact) mass is 113 g/mol. The van der Waals surface area contributed by atoms with Gasteiger partial charge in [0.2, 0.25) is 0 Å². The zero-order chi connectivity index (χ0) is 6.15. The number of rotatable bonds is 1. The molecule has 0 aromatic carbocycles. The van der Waals surface area contributed by atoms with E-state index >= 15 is 0 Å². The minimum Gasteiger partial charge on any atom is -0.327 e. The fourth-order valence-corrected chi connectivity index (χ4v) is 1.50. The third-order valence-electron chi connectivity index (χ3n) is 2.40. The number of nitrogens with two attached hydrogens (primary N) is 1. The maximum absolute atomic E-state index is 5.78. The van der Waals surface area contributed by atoms with E-state index in [1.54, 1.807) is 0 Å². The van der Waals surface area contributed by atoms with Gasteiger partial charge in [0.1, 0.15) is 0 Å². The Morgan fingerprint density at radius 1 is 1.62 bits per heavy atom. The van der Waals surface area contributed by atoms with Gasteiger partial charge in [-0.1, -0.05) is 20.3 Å². The first-order valence-electron chi connectivity index (χ1n) is 3.51. The number of hydrogen-bond donors (Lipinski definition) is 1. The van der Waals surface area contributed by atoms with E-state index in [0.29, 0.717) is 6.04 Å². The molecule has 0 aliphatic heterocycles. The summed E-state index contributed by atoms with van der Waals surface area (Å²) in [7, 11) is 0. The van der Waals surface area contributed by atoms with Gasteiger partial charge in [0.15, 0.2) is 0 Å². The van der Waals surface area contributed by atoms with Crippen molar-refractivity contribution in [1.82, 2.24) is 0 Å². The lowest BCUT2D eigenvalue weighted by Gasteiger charge is -2.39. The molecule has 0 aromatic rings. The quantitative estimate of drug-likeness (QED) is 0.546. The minimum atomic E-state index is 0.514. The second-order valence-electron chi connectivity index (χ2n) is 2.96. The Kier molecular flexibility index (Phi) is 1.57. The highest BCUT2D eigenvalue weighted by molar-refractivity contribution is 4.88. The van der Waals surface area contributed by atoms with Gasteiger partial charge in [-0.3, -0.25) is 0 Å². The highest BCUT2D eigenvalue weighted by Crippen LogP contribution is 2.33. The molecule has 8 heavy (non-hydrogen) atoms. The summed E-state index contributed by atoms with van der Waals surface area (Å²) >= 11 is 0. The zero-order valence-electron chi connectivity index (χ0n) is 5.72. The van der Waals surface area contributed by atoms with Crippen LogP contribution in [0.1, 0.15) is 26.7 Å². The lowest BCUT2D eigenvalue weighted by Crippen LogP contribution is -2.46. The summed E-state index contributed by atoms with van der Waals surface area (Å²) in [5, 5.41) is 0. The molecule has 3 atom stereocenters. The van der Waals surface area contributed by atoms with E-state index in [4.69, 9.17) is 5.73 Å². The molecular weight excluding hydrogens is 98.1 g/mol. The van der Waals surface area contributed by atoms with Crippen molar-refractivity contribution in [1.29, 1.82) is 0 Å². The Morgan fingerprint density at radius 2 is 2.25 bits per heavy atom. The molecule has 0 aromatic heterocycles. The molecule has 0 saturated heterocycles.